The molecule has 0 saturated heterocycles. The van der Waals surface area contributed by atoms with Crippen LogP contribution in [0.1, 0.15) is 12.5 Å². The monoisotopic (exact) mass is 216 g/mol. The van der Waals surface area contributed by atoms with E-state index >= 15 is 0 Å². The van der Waals surface area contributed by atoms with E-state index < -0.39 is 0 Å². The van der Waals surface area contributed by atoms with Gasteiger partial charge in [-0.2, -0.15) is 0 Å². The van der Waals surface area contributed by atoms with Gasteiger partial charge in [0.05, 0.1) is 24.3 Å². The Bertz CT molecular complexity index is 464. The molecule has 82 valence electrons. The number of esters is 1. The molecule has 0 radical (unpaired) electrons. The van der Waals surface area contributed by atoms with Gasteiger partial charge in [-0.1, -0.05) is 18.2 Å². The zero-order valence-electron chi connectivity index (χ0n) is 8.93. The van der Waals surface area contributed by atoms with Gasteiger partial charge < -0.3 is 10.1 Å². The van der Waals surface area contributed by atoms with Crippen molar-refractivity contribution in [3.05, 3.63) is 35.9 Å². The highest BCUT2D eigenvalue weighted by molar-refractivity contribution is 5.97. The molecule has 1 aromatic rings. The van der Waals surface area contributed by atoms with Crippen LogP contribution in [0.3, 0.4) is 0 Å². The van der Waals surface area contributed by atoms with Crippen molar-refractivity contribution in [2.75, 3.05) is 6.61 Å². The first-order valence-electron chi connectivity index (χ1n) is 5.08. The molecule has 0 amide bonds. The molecule has 0 aromatic heterocycles. The van der Waals surface area contributed by atoms with E-state index in [4.69, 9.17) is 4.74 Å². The third kappa shape index (κ3) is 2.11. The Morgan fingerprint density at radius 3 is 3.12 bits per heavy atom. The summed E-state index contributed by atoms with van der Waals surface area (Å²) in [6.07, 6.45) is 3.00. The molecule has 0 bridgehead atoms. The zero-order chi connectivity index (χ0) is 11.4. The van der Waals surface area contributed by atoms with Crippen LogP contribution in [0.5, 0.6) is 0 Å². The van der Waals surface area contributed by atoms with Crippen molar-refractivity contribution < 1.29 is 9.53 Å². The van der Waals surface area contributed by atoms with Crippen LogP contribution in [-0.2, 0) is 9.53 Å². The number of hydrogen-bond acceptors (Lipinski definition) is 4. The molecule has 0 fully saturated rings. The van der Waals surface area contributed by atoms with E-state index in [-0.39, 0.29) is 5.97 Å². The molecule has 1 heterocycles. The van der Waals surface area contributed by atoms with Crippen molar-refractivity contribution in [2.24, 2.45) is 4.99 Å². The van der Waals surface area contributed by atoms with Crippen LogP contribution in [0.4, 0.5) is 5.69 Å². The van der Waals surface area contributed by atoms with Gasteiger partial charge in [-0.3, -0.25) is 0 Å². The van der Waals surface area contributed by atoms with Crippen molar-refractivity contribution in [1.29, 1.82) is 0 Å². The quantitative estimate of drug-likeness (QED) is 0.606. The minimum atomic E-state index is -0.352. The van der Waals surface area contributed by atoms with Gasteiger partial charge in [0.2, 0.25) is 0 Å². The lowest BCUT2D eigenvalue weighted by Gasteiger charge is -2.14. The third-order valence-corrected chi connectivity index (χ3v) is 2.17. The van der Waals surface area contributed by atoms with Gasteiger partial charge in [0.15, 0.2) is 0 Å². The Hall–Kier alpha value is -2.10. The Morgan fingerprint density at radius 2 is 2.31 bits per heavy atom. The number of fused-ring (bicyclic) bond motifs is 1. The van der Waals surface area contributed by atoms with Crippen LogP contribution >= 0.6 is 0 Å². The van der Waals surface area contributed by atoms with Crippen molar-refractivity contribution in [2.45, 2.75) is 6.92 Å². The number of benzene rings is 1. The number of hydrogen-bond donors (Lipinski definition) is 1. The Morgan fingerprint density at radius 1 is 1.50 bits per heavy atom. The maximum absolute atomic E-state index is 11.3. The number of nitrogens with one attached hydrogen (secondary N) is 1. The molecule has 1 aliphatic rings. The summed E-state index contributed by atoms with van der Waals surface area (Å²) in [4.78, 5) is 15.5. The van der Waals surface area contributed by atoms with Gasteiger partial charge in [0.1, 0.15) is 0 Å². The van der Waals surface area contributed by atoms with Crippen molar-refractivity contribution >= 4 is 23.7 Å². The number of nitrogens with zero attached hydrogens (tertiary/aromatic N) is 1. The summed E-state index contributed by atoms with van der Waals surface area (Å²) in [7, 11) is 0. The molecule has 0 spiro atoms. The zero-order valence-corrected chi connectivity index (χ0v) is 8.93. The fourth-order valence-corrected chi connectivity index (χ4v) is 1.48. The Kier molecular flexibility index (Phi) is 3.00. The fraction of sp³-hybridized carbons (Fsp3) is 0.167. The largest absolute Gasteiger partial charge is 0.463 e. The third-order valence-electron chi connectivity index (χ3n) is 2.17. The summed E-state index contributed by atoms with van der Waals surface area (Å²) in [5.41, 5.74) is 2.46. The number of rotatable bonds is 2. The molecule has 0 atom stereocenters. The molecule has 4 heteroatoms. The lowest BCUT2D eigenvalue weighted by molar-refractivity contribution is -0.137. The number of carbonyl (C=O) groups excluding carboxylic acids is 1. The van der Waals surface area contributed by atoms with E-state index in [2.05, 4.69) is 10.3 Å². The molecule has 0 aliphatic carbocycles. The maximum Gasteiger partial charge on any atom is 0.332 e. The SMILES string of the molecule is CCOC(=O)/C=C1/NC=Nc2ccccc21. The van der Waals surface area contributed by atoms with Crippen molar-refractivity contribution in [1.82, 2.24) is 5.32 Å². The molecule has 1 N–H and O–H groups in total. The molecule has 0 saturated carbocycles. The average molecular weight is 216 g/mol. The first kappa shape index (κ1) is 10.4. The predicted octanol–water partition coefficient (Wildman–Crippen LogP) is 1.85. The van der Waals surface area contributed by atoms with Crippen LogP contribution in [0.15, 0.2) is 35.3 Å². The second-order valence-electron chi connectivity index (χ2n) is 3.23. The van der Waals surface area contributed by atoms with E-state index in [1.807, 2.05) is 24.3 Å². The van der Waals surface area contributed by atoms with Gasteiger partial charge in [0, 0.05) is 11.6 Å². The van der Waals surface area contributed by atoms with E-state index in [9.17, 15) is 4.79 Å². The number of carbonyl (C=O) groups is 1. The van der Waals surface area contributed by atoms with E-state index in [1.165, 1.54) is 6.08 Å². The topological polar surface area (TPSA) is 50.7 Å². The molecule has 1 aromatic carbocycles. The lowest BCUT2D eigenvalue weighted by atomic mass is 10.1. The molecule has 0 unspecified atom stereocenters. The highest BCUT2D eigenvalue weighted by atomic mass is 16.5. The van der Waals surface area contributed by atoms with Crippen molar-refractivity contribution in [3.8, 4) is 0 Å². The van der Waals surface area contributed by atoms with E-state index in [0.29, 0.717) is 12.3 Å². The summed E-state index contributed by atoms with van der Waals surface area (Å²) < 4.78 is 4.86. The maximum atomic E-state index is 11.3. The van der Waals surface area contributed by atoms with Crippen LogP contribution in [0.25, 0.3) is 5.70 Å². The standard InChI is InChI=1S/C12H12N2O2/c1-2-16-12(15)7-11-9-5-3-4-6-10(9)13-8-14-11/h3-8H,2H2,1H3,(H,13,14)/b11-7+. The number of aliphatic imine (C=N–C) groups is 1. The normalized spacial score (nSPS) is 15.4. The minimum absolute atomic E-state index is 0.352. The second-order valence-corrected chi connectivity index (χ2v) is 3.23. The van der Waals surface area contributed by atoms with Crippen LogP contribution < -0.4 is 5.32 Å². The summed E-state index contributed by atoms with van der Waals surface area (Å²) in [5, 5.41) is 2.93. The average Bonchev–Trinajstić information content (AvgIpc) is 2.30. The second kappa shape index (κ2) is 4.61. The molecule has 2 rings (SSSR count). The van der Waals surface area contributed by atoms with Crippen molar-refractivity contribution in [3.63, 3.8) is 0 Å². The molecule has 4 nitrogen and oxygen atoms in total. The molecular weight excluding hydrogens is 204 g/mol. The lowest BCUT2D eigenvalue weighted by Crippen LogP contribution is -2.15. The number of para-hydroxylation sites is 1. The minimum Gasteiger partial charge on any atom is -0.463 e. The summed E-state index contributed by atoms with van der Waals surface area (Å²) in [6.45, 7) is 2.15. The summed E-state index contributed by atoms with van der Waals surface area (Å²) in [5.74, 6) is -0.352. The Balaban J connectivity index is 2.31. The van der Waals surface area contributed by atoms with Gasteiger partial charge >= 0.3 is 5.97 Å². The first-order chi connectivity index (χ1) is 7.81. The summed E-state index contributed by atoms with van der Waals surface area (Å²) >= 11 is 0. The van der Waals surface area contributed by atoms with Gasteiger partial charge in [-0.15, -0.1) is 0 Å². The van der Waals surface area contributed by atoms with Gasteiger partial charge in [-0.05, 0) is 13.0 Å². The van der Waals surface area contributed by atoms with E-state index in [1.54, 1.807) is 13.3 Å². The van der Waals surface area contributed by atoms with Gasteiger partial charge in [-0.25, -0.2) is 9.79 Å². The first-order valence-corrected chi connectivity index (χ1v) is 5.08. The molecule has 16 heavy (non-hydrogen) atoms. The predicted molar refractivity (Wildman–Crippen MR) is 62.3 cm³/mol. The molecule has 1 aliphatic heterocycles. The molecular formula is C12H12N2O2. The van der Waals surface area contributed by atoms with Crippen LogP contribution in [0.2, 0.25) is 0 Å². The highest BCUT2D eigenvalue weighted by Crippen LogP contribution is 2.26. The smallest absolute Gasteiger partial charge is 0.332 e. The fourth-order valence-electron chi connectivity index (χ4n) is 1.48. The number of ether oxygens (including phenoxy) is 1. The van der Waals surface area contributed by atoms with Crippen LogP contribution in [-0.4, -0.2) is 18.9 Å². The highest BCUT2D eigenvalue weighted by Gasteiger charge is 2.11. The van der Waals surface area contributed by atoms with E-state index in [0.717, 1.165) is 11.3 Å². The summed E-state index contributed by atoms with van der Waals surface area (Å²) in [6, 6.07) is 7.61. The van der Waals surface area contributed by atoms with Gasteiger partial charge in [0.25, 0.3) is 0 Å². The Labute approximate surface area is 93.6 Å². The van der Waals surface area contributed by atoms with Crippen LogP contribution in [0, 0.1) is 0 Å².